The zero-order valence-corrected chi connectivity index (χ0v) is 15.3. The summed E-state index contributed by atoms with van der Waals surface area (Å²) in [4.78, 5) is 18.9. The molecule has 138 valence electrons. The van der Waals surface area contributed by atoms with E-state index in [1.807, 2.05) is 54.6 Å². The van der Waals surface area contributed by atoms with Crippen molar-refractivity contribution in [2.24, 2.45) is 11.0 Å². The van der Waals surface area contributed by atoms with Crippen LogP contribution in [0.15, 0.2) is 70.6 Å². The molecular weight excluding hydrogens is 340 g/mol. The molecule has 6 heteroatoms. The van der Waals surface area contributed by atoms with Crippen molar-refractivity contribution in [3.8, 4) is 17.0 Å². The van der Waals surface area contributed by atoms with Crippen LogP contribution in [0.1, 0.15) is 19.4 Å². The van der Waals surface area contributed by atoms with Gasteiger partial charge < -0.3 is 4.74 Å². The minimum Gasteiger partial charge on any atom is -0.493 e. The van der Waals surface area contributed by atoms with Gasteiger partial charge >= 0.3 is 0 Å². The third kappa shape index (κ3) is 5.54. The predicted molar refractivity (Wildman–Crippen MR) is 108 cm³/mol. The lowest BCUT2D eigenvalue weighted by Crippen LogP contribution is -2.10. The van der Waals surface area contributed by atoms with E-state index < -0.39 is 0 Å². The van der Waals surface area contributed by atoms with E-state index in [2.05, 4.69) is 34.3 Å². The first-order valence-electron chi connectivity index (χ1n) is 8.79. The van der Waals surface area contributed by atoms with Gasteiger partial charge in [0.1, 0.15) is 5.75 Å². The summed E-state index contributed by atoms with van der Waals surface area (Å²) in [6.45, 7) is 4.87. The smallest absolute Gasteiger partial charge is 0.252 e. The Balaban J connectivity index is 1.71. The van der Waals surface area contributed by atoms with Crippen molar-refractivity contribution in [3.05, 3.63) is 76.6 Å². The molecule has 0 aliphatic rings. The Labute approximate surface area is 157 Å². The minimum atomic E-state index is -0.245. The molecule has 0 radical (unpaired) electrons. The van der Waals surface area contributed by atoms with Crippen LogP contribution in [0.25, 0.3) is 11.3 Å². The molecule has 0 bridgehead atoms. The number of nitrogens with zero attached hydrogens (tertiary/aromatic N) is 2. The van der Waals surface area contributed by atoms with Gasteiger partial charge in [-0.25, -0.2) is 10.4 Å². The van der Waals surface area contributed by atoms with E-state index in [1.54, 1.807) is 6.21 Å². The third-order valence-electron chi connectivity index (χ3n) is 3.64. The van der Waals surface area contributed by atoms with Crippen molar-refractivity contribution >= 4 is 12.2 Å². The molecule has 1 aromatic heterocycles. The summed E-state index contributed by atoms with van der Waals surface area (Å²) in [5, 5.41) is 4.16. The Kier molecular flexibility index (Phi) is 5.99. The second kappa shape index (κ2) is 8.80. The molecule has 0 fully saturated rings. The molecule has 0 atom stereocenters. The van der Waals surface area contributed by atoms with Gasteiger partial charge in [0.25, 0.3) is 5.56 Å². The standard InChI is InChI=1S/C21H22N4O2/c1-15(2)14-27-18-10-6-7-16(11-18)13-22-25-21-23-19(12-20(26)24-21)17-8-4-3-5-9-17/h3-13,15H,14H2,1-2H3,(H2,23,24,25,26)/b22-13-. The summed E-state index contributed by atoms with van der Waals surface area (Å²) in [5.74, 6) is 1.54. The highest BCUT2D eigenvalue weighted by Gasteiger charge is 2.03. The molecule has 0 spiro atoms. The van der Waals surface area contributed by atoms with Crippen LogP contribution in [0.4, 0.5) is 5.95 Å². The molecule has 0 saturated heterocycles. The number of benzene rings is 2. The molecule has 0 aliphatic carbocycles. The number of nitrogens with one attached hydrogen (secondary N) is 2. The van der Waals surface area contributed by atoms with Gasteiger partial charge in [-0.05, 0) is 23.6 Å². The van der Waals surface area contributed by atoms with Crippen molar-refractivity contribution < 1.29 is 4.74 Å². The van der Waals surface area contributed by atoms with Crippen molar-refractivity contribution in [2.75, 3.05) is 12.0 Å². The first kappa shape index (κ1) is 18.4. The number of hydrogen-bond donors (Lipinski definition) is 2. The second-order valence-corrected chi connectivity index (χ2v) is 6.49. The van der Waals surface area contributed by atoms with E-state index in [-0.39, 0.29) is 11.5 Å². The predicted octanol–water partition coefficient (Wildman–Crippen LogP) is 3.92. The number of hydrazone groups is 1. The van der Waals surface area contributed by atoms with Crippen LogP contribution in [-0.2, 0) is 0 Å². The Bertz CT molecular complexity index is 965. The van der Waals surface area contributed by atoms with Crippen molar-refractivity contribution in [1.82, 2.24) is 9.97 Å². The third-order valence-corrected chi connectivity index (χ3v) is 3.64. The average Bonchev–Trinajstić information content (AvgIpc) is 2.67. The Hall–Kier alpha value is -3.41. The number of aromatic nitrogens is 2. The number of ether oxygens (including phenoxy) is 1. The van der Waals surface area contributed by atoms with Crippen molar-refractivity contribution in [2.45, 2.75) is 13.8 Å². The molecule has 0 aliphatic heterocycles. The molecule has 27 heavy (non-hydrogen) atoms. The fourth-order valence-corrected chi connectivity index (χ4v) is 2.38. The van der Waals surface area contributed by atoms with Gasteiger partial charge in [0.15, 0.2) is 0 Å². The summed E-state index contributed by atoms with van der Waals surface area (Å²) in [7, 11) is 0. The Morgan fingerprint density at radius 3 is 2.74 bits per heavy atom. The van der Waals surface area contributed by atoms with Gasteiger partial charge in [0.2, 0.25) is 5.95 Å². The highest BCUT2D eigenvalue weighted by molar-refractivity contribution is 5.80. The van der Waals surface area contributed by atoms with E-state index in [0.717, 1.165) is 16.9 Å². The fraction of sp³-hybridized carbons (Fsp3) is 0.190. The summed E-state index contributed by atoms with van der Waals surface area (Å²) in [6, 6.07) is 18.6. The van der Waals surface area contributed by atoms with Gasteiger partial charge in [-0.3, -0.25) is 9.78 Å². The summed E-state index contributed by atoms with van der Waals surface area (Å²) >= 11 is 0. The molecule has 2 N–H and O–H groups in total. The highest BCUT2D eigenvalue weighted by atomic mass is 16.5. The SMILES string of the molecule is CC(C)COc1cccc(/C=N\Nc2nc(-c3ccccc3)cc(=O)[nH]2)c1. The van der Waals surface area contributed by atoms with E-state index >= 15 is 0 Å². The first-order valence-corrected chi connectivity index (χ1v) is 8.79. The lowest BCUT2D eigenvalue weighted by atomic mass is 10.1. The fourth-order valence-electron chi connectivity index (χ4n) is 2.38. The Morgan fingerprint density at radius 2 is 1.96 bits per heavy atom. The average molecular weight is 362 g/mol. The lowest BCUT2D eigenvalue weighted by Gasteiger charge is -2.08. The van der Waals surface area contributed by atoms with Gasteiger partial charge in [0.05, 0.1) is 18.5 Å². The number of H-pyrrole nitrogens is 1. The van der Waals surface area contributed by atoms with Gasteiger partial charge in [-0.15, -0.1) is 0 Å². The highest BCUT2D eigenvalue weighted by Crippen LogP contribution is 2.16. The normalized spacial score (nSPS) is 11.1. The Morgan fingerprint density at radius 1 is 1.15 bits per heavy atom. The zero-order valence-electron chi connectivity index (χ0n) is 15.3. The van der Waals surface area contributed by atoms with E-state index in [4.69, 9.17) is 4.74 Å². The van der Waals surface area contributed by atoms with E-state index in [9.17, 15) is 4.79 Å². The molecular formula is C21H22N4O2. The monoisotopic (exact) mass is 362 g/mol. The van der Waals surface area contributed by atoms with Crippen LogP contribution in [0.3, 0.4) is 0 Å². The number of hydrogen-bond acceptors (Lipinski definition) is 5. The second-order valence-electron chi connectivity index (χ2n) is 6.49. The number of aromatic amines is 1. The molecule has 6 nitrogen and oxygen atoms in total. The van der Waals surface area contributed by atoms with Crippen LogP contribution in [0.2, 0.25) is 0 Å². The molecule has 0 unspecified atom stereocenters. The van der Waals surface area contributed by atoms with Gasteiger partial charge in [0, 0.05) is 11.6 Å². The quantitative estimate of drug-likeness (QED) is 0.493. The summed E-state index contributed by atoms with van der Waals surface area (Å²) in [6.07, 6.45) is 1.65. The van der Waals surface area contributed by atoms with Crippen LogP contribution in [0, 0.1) is 5.92 Å². The number of anilines is 1. The lowest BCUT2D eigenvalue weighted by molar-refractivity contribution is 0.271. The van der Waals surface area contributed by atoms with Gasteiger partial charge in [-0.2, -0.15) is 5.10 Å². The summed E-state index contributed by atoms with van der Waals surface area (Å²) in [5.41, 5.74) is 4.86. The van der Waals surface area contributed by atoms with E-state index in [1.165, 1.54) is 6.07 Å². The number of rotatable bonds is 7. The molecule has 3 aromatic rings. The zero-order chi connectivity index (χ0) is 19.1. The molecule has 1 heterocycles. The van der Waals surface area contributed by atoms with Gasteiger partial charge in [-0.1, -0.05) is 56.3 Å². The summed E-state index contributed by atoms with van der Waals surface area (Å²) < 4.78 is 5.71. The van der Waals surface area contributed by atoms with Crippen molar-refractivity contribution in [3.63, 3.8) is 0 Å². The maximum Gasteiger partial charge on any atom is 0.252 e. The van der Waals surface area contributed by atoms with Crippen LogP contribution < -0.4 is 15.7 Å². The molecule has 0 amide bonds. The minimum absolute atomic E-state index is 0.245. The van der Waals surface area contributed by atoms with Crippen LogP contribution in [0.5, 0.6) is 5.75 Å². The molecule has 3 rings (SSSR count). The molecule has 0 saturated carbocycles. The largest absolute Gasteiger partial charge is 0.493 e. The van der Waals surface area contributed by atoms with Crippen LogP contribution in [-0.4, -0.2) is 22.8 Å². The van der Waals surface area contributed by atoms with Crippen molar-refractivity contribution in [1.29, 1.82) is 0 Å². The molecule has 2 aromatic carbocycles. The topological polar surface area (TPSA) is 79.4 Å². The van der Waals surface area contributed by atoms with E-state index in [0.29, 0.717) is 18.2 Å². The first-order chi connectivity index (χ1) is 13.1. The van der Waals surface area contributed by atoms with Crippen LogP contribution >= 0.6 is 0 Å². The maximum atomic E-state index is 11.9. The maximum absolute atomic E-state index is 11.9.